The molecule has 0 N–H and O–H groups in total. The van der Waals surface area contributed by atoms with E-state index in [0.29, 0.717) is 0 Å². The van der Waals surface area contributed by atoms with E-state index in [9.17, 15) is 0 Å². The zero-order valence-corrected chi connectivity index (χ0v) is 8.47. The first-order valence-electron chi connectivity index (χ1n) is 5.50. The van der Waals surface area contributed by atoms with Gasteiger partial charge in [-0.2, -0.15) is 0 Å². The van der Waals surface area contributed by atoms with Crippen molar-refractivity contribution in [2.24, 2.45) is 5.41 Å². The van der Waals surface area contributed by atoms with Gasteiger partial charge in [-0.15, -0.1) is 0 Å². The monoisotopic (exact) mass is 167 g/mol. The molecule has 0 radical (unpaired) electrons. The van der Waals surface area contributed by atoms with E-state index in [0.717, 1.165) is 11.5 Å². The fourth-order valence-corrected chi connectivity index (χ4v) is 2.47. The van der Waals surface area contributed by atoms with Crippen LogP contribution in [-0.4, -0.2) is 24.0 Å². The van der Waals surface area contributed by atoms with Crippen molar-refractivity contribution in [2.45, 2.75) is 52.0 Å². The predicted molar refractivity (Wildman–Crippen MR) is 52.2 cm³/mol. The Kier molecular flexibility index (Phi) is 2.16. The van der Waals surface area contributed by atoms with Crippen molar-refractivity contribution in [3.05, 3.63) is 0 Å². The highest BCUT2D eigenvalue weighted by atomic mass is 15.2. The third kappa shape index (κ3) is 1.52. The predicted octanol–water partition coefficient (Wildman–Crippen LogP) is 2.66. The number of likely N-dealkylation sites (tertiary alicyclic amines) is 1. The summed E-state index contributed by atoms with van der Waals surface area (Å²) in [5.74, 6) is 0. The summed E-state index contributed by atoms with van der Waals surface area (Å²) in [6.07, 6.45) is 7.31. The van der Waals surface area contributed by atoms with Crippen molar-refractivity contribution in [2.75, 3.05) is 13.1 Å². The van der Waals surface area contributed by atoms with Gasteiger partial charge in [0.05, 0.1) is 0 Å². The van der Waals surface area contributed by atoms with Gasteiger partial charge in [-0.25, -0.2) is 0 Å². The molecule has 0 aromatic heterocycles. The molecule has 2 aliphatic rings. The summed E-state index contributed by atoms with van der Waals surface area (Å²) in [7, 11) is 0. The average Bonchev–Trinajstić information content (AvgIpc) is 2.84. The zero-order chi connectivity index (χ0) is 8.60. The van der Waals surface area contributed by atoms with Crippen LogP contribution in [-0.2, 0) is 0 Å². The highest BCUT2D eigenvalue weighted by Gasteiger charge is 2.45. The summed E-state index contributed by atoms with van der Waals surface area (Å²) in [5, 5.41) is 0. The maximum atomic E-state index is 2.70. The van der Waals surface area contributed by atoms with Crippen molar-refractivity contribution in [1.82, 2.24) is 4.90 Å². The van der Waals surface area contributed by atoms with Gasteiger partial charge in [0.1, 0.15) is 0 Å². The molecule has 1 saturated carbocycles. The molecule has 1 unspecified atom stereocenters. The molecule has 1 aliphatic heterocycles. The fourth-order valence-electron chi connectivity index (χ4n) is 2.47. The van der Waals surface area contributed by atoms with E-state index in [1.165, 1.54) is 45.2 Å². The maximum absolute atomic E-state index is 2.70. The van der Waals surface area contributed by atoms with E-state index in [-0.39, 0.29) is 0 Å². The van der Waals surface area contributed by atoms with Gasteiger partial charge >= 0.3 is 0 Å². The highest BCUT2D eigenvalue weighted by Crippen LogP contribution is 2.52. The minimum atomic E-state index is 0.807. The molecule has 0 bridgehead atoms. The largest absolute Gasteiger partial charge is 0.300 e. The summed E-state index contributed by atoms with van der Waals surface area (Å²) in [6, 6.07) is 0.822. The Hall–Kier alpha value is -0.0400. The zero-order valence-electron chi connectivity index (χ0n) is 8.47. The first kappa shape index (κ1) is 8.55. The summed E-state index contributed by atoms with van der Waals surface area (Å²) in [4.78, 5) is 2.70. The van der Waals surface area contributed by atoms with Crippen molar-refractivity contribution >= 4 is 0 Å². The van der Waals surface area contributed by atoms with E-state index in [1.807, 2.05) is 0 Å². The van der Waals surface area contributed by atoms with Crippen LogP contribution in [0.1, 0.15) is 46.0 Å². The van der Waals surface area contributed by atoms with Gasteiger partial charge in [0, 0.05) is 12.6 Å². The van der Waals surface area contributed by atoms with Crippen molar-refractivity contribution < 1.29 is 0 Å². The lowest BCUT2D eigenvalue weighted by Crippen LogP contribution is -2.41. The molecule has 70 valence electrons. The van der Waals surface area contributed by atoms with E-state index in [1.54, 1.807) is 0 Å². The second kappa shape index (κ2) is 3.02. The summed E-state index contributed by atoms with van der Waals surface area (Å²) >= 11 is 0. The van der Waals surface area contributed by atoms with E-state index in [4.69, 9.17) is 0 Å². The van der Waals surface area contributed by atoms with Gasteiger partial charge in [-0.05, 0) is 51.0 Å². The minimum Gasteiger partial charge on any atom is -0.300 e. The molecular weight excluding hydrogens is 146 g/mol. The number of rotatable bonds is 2. The first-order valence-corrected chi connectivity index (χ1v) is 5.50. The van der Waals surface area contributed by atoms with Crippen LogP contribution >= 0.6 is 0 Å². The lowest BCUT2D eigenvalue weighted by molar-refractivity contribution is 0.118. The Morgan fingerprint density at radius 2 is 2.08 bits per heavy atom. The summed E-state index contributed by atoms with van der Waals surface area (Å²) in [6.45, 7) is 7.44. The van der Waals surface area contributed by atoms with E-state index in [2.05, 4.69) is 18.7 Å². The lowest BCUT2D eigenvalue weighted by atomic mass is 9.94. The van der Waals surface area contributed by atoms with Crippen LogP contribution in [0.25, 0.3) is 0 Å². The van der Waals surface area contributed by atoms with Crippen LogP contribution in [0.2, 0.25) is 0 Å². The molecule has 12 heavy (non-hydrogen) atoms. The smallest absolute Gasteiger partial charge is 0.00645 e. The first-order chi connectivity index (χ1) is 5.76. The molecule has 0 aromatic rings. The Morgan fingerprint density at radius 1 is 1.33 bits per heavy atom. The quantitative estimate of drug-likeness (QED) is 0.611. The third-order valence-electron chi connectivity index (χ3n) is 3.86. The number of piperidine rings is 1. The Morgan fingerprint density at radius 3 is 2.67 bits per heavy atom. The lowest BCUT2D eigenvalue weighted by Gasteiger charge is -2.36. The second-order valence-corrected chi connectivity index (χ2v) is 4.83. The molecule has 1 saturated heterocycles. The molecule has 1 heteroatoms. The van der Waals surface area contributed by atoms with Gasteiger partial charge in [0.25, 0.3) is 0 Å². The van der Waals surface area contributed by atoms with Gasteiger partial charge in [0.2, 0.25) is 0 Å². The van der Waals surface area contributed by atoms with Crippen LogP contribution < -0.4 is 0 Å². The topological polar surface area (TPSA) is 3.24 Å². The van der Waals surface area contributed by atoms with E-state index >= 15 is 0 Å². The number of hydrogen-bond acceptors (Lipinski definition) is 1. The number of hydrogen-bond donors (Lipinski definition) is 0. The van der Waals surface area contributed by atoms with Crippen LogP contribution in [0.4, 0.5) is 0 Å². The molecule has 0 aromatic carbocycles. The molecule has 2 fully saturated rings. The molecule has 1 spiro atoms. The van der Waals surface area contributed by atoms with E-state index < -0.39 is 0 Å². The van der Waals surface area contributed by atoms with Gasteiger partial charge < -0.3 is 4.90 Å². The number of nitrogens with zero attached hydrogens (tertiary/aromatic N) is 1. The van der Waals surface area contributed by atoms with Crippen LogP contribution in [0, 0.1) is 5.41 Å². The Labute approximate surface area is 76.1 Å². The van der Waals surface area contributed by atoms with Gasteiger partial charge in [-0.1, -0.05) is 6.92 Å². The molecule has 1 aliphatic carbocycles. The molecule has 0 amide bonds. The molecule has 2 rings (SSSR count). The van der Waals surface area contributed by atoms with Crippen LogP contribution in [0.5, 0.6) is 0 Å². The normalized spacial score (nSPS) is 30.5. The standard InChI is InChI=1S/C11H21N/c1-3-10(2)12-8-4-5-11(9-12)6-7-11/h10H,3-9H2,1-2H3. The fraction of sp³-hybridized carbons (Fsp3) is 1.00. The van der Waals surface area contributed by atoms with Crippen molar-refractivity contribution in [3.63, 3.8) is 0 Å². The van der Waals surface area contributed by atoms with Crippen LogP contribution in [0.15, 0.2) is 0 Å². The average molecular weight is 167 g/mol. The Balaban J connectivity index is 1.90. The van der Waals surface area contributed by atoms with Gasteiger partial charge in [0.15, 0.2) is 0 Å². The SMILES string of the molecule is CCC(C)N1CCCC2(CC2)C1. The molecular formula is C11H21N. The third-order valence-corrected chi connectivity index (χ3v) is 3.86. The summed E-state index contributed by atoms with van der Waals surface area (Å²) in [5.41, 5.74) is 0.807. The Bertz CT molecular complexity index is 160. The summed E-state index contributed by atoms with van der Waals surface area (Å²) < 4.78 is 0. The molecule has 1 atom stereocenters. The van der Waals surface area contributed by atoms with Crippen molar-refractivity contribution in [1.29, 1.82) is 0 Å². The second-order valence-electron chi connectivity index (χ2n) is 4.83. The van der Waals surface area contributed by atoms with Gasteiger partial charge in [-0.3, -0.25) is 0 Å². The highest BCUT2D eigenvalue weighted by molar-refractivity contribution is 4.98. The van der Waals surface area contributed by atoms with Crippen LogP contribution in [0.3, 0.4) is 0 Å². The van der Waals surface area contributed by atoms with Crippen molar-refractivity contribution in [3.8, 4) is 0 Å². The molecule has 1 nitrogen and oxygen atoms in total. The minimum absolute atomic E-state index is 0.807. The maximum Gasteiger partial charge on any atom is 0.00645 e. The molecule has 1 heterocycles.